The lowest BCUT2D eigenvalue weighted by molar-refractivity contribution is -0.115. The quantitative estimate of drug-likeness (QED) is 0.553. The molecule has 3 aromatic rings. The predicted molar refractivity (Wildman–Crippen MR) is 118 cm³/mol. The Balaban J connectivity index is 1.61. The van der Waals surface area contributed by atoms with Crippen LogP contribution in [0.25, 0.3) is 5.69 Å². The van der Waals surface area contributed by atoms with E-state index in [4.69, 9.17) is 11.6 Å². The number of carbonyl (C=O) groups is 1. The molecule has 0 saturated carbocycles. The molecule has 0 radical (unpaired) electrons. The van der Waals surface area contributed by atoms with Crippen LogP contribution in [-0.4, -0.2) is 39.0 Å². The molecule has 1 aromatic heterocycles. The Morgan fingerprint density at radius 3 is 2.57 bits per heavy atom. The number of hydrogen-bond acceptors (Lipinski definition) is 5. The first-order valence-corrected chi connectivity index (χ1v) is 11.0. The number of halogens is 2. The zero-order valence-electron chi connectivity index (χ0n) is 16.4. The fourth-order valence-corrected chi connectivity index (χ4v) is 4.39. The molecule has 0 spiro atoms. The Morgan fingerprint density at radius 1 is 1.13 bits per heavy atom. The van der Waals surface area contributed by atoms with Gasteiger partial charge in [0.2, 0.25) is 11.9 Å². The summed E-state index contributed by atoms with van der Waals surface area (Å²) in [6, 6.07) is 13.6. The molecule has 1 amide bonds. The van der Waals surface area contributed by atoms with Gasteiger partial charge < -0.3 is 10.2 Å². The summed E-state index contributed by atoms with van der Waals surface area (Å²) in [7, 11) is 0. The molecule has 2 heterocycles. The highest BCUT2D eigenvalue weighted by Crippen LogP contribution is 2.33. The maximum atomic E-state index is 13.9. The average Bonchev–Trinajstić information content (AvgIpc) is 3.40. The van der Waals surface area contributed by atoms with Gasteiger partial charge in [-0.15, -0.1) is 10.2 Å². The molecular weight excluding hydrogens is 425 g/mol. The first kappa shape index (κ1) is 20.7. The maximum Gasteiger partial charge on any atom is 0.237 e. The van der Waals surface area contributed by atoms with Gasteiger partial charge in [-0.05, 0) is 44.0 Å². The first-order valence-electron chi connectivity index (χ1n) is 9.72. The summed E-state index contributed by atoms with van der Waals surface area (Å²) in [6.07, 6.45) is 2.19. The van der Waals surface area contributed by atoms with E-state index >= 15 is 0 Å². The highest BCUT2D eigenvalue weighted by molar-refractivity contribution is 8.00. The van der Waals surface area contributed by atoms with E-state index in [0.29, 0.717) is 16.1 Å². The van der Waals surface area contributed by atoms with Crippen LogP contribution >= 0.6 is 23.4 Å². The number of anilines is 2. The van der Waals surface area contributed by atoms with Crippen molar-refractivity contribution < 1.29 is 9.18 Å². The van der Waals surface area contributed by atoms with Crippen LogP contribution in [0.3, 0.4) is 0 Å². The van der Waals surface area contributed by atoms with Crippen molar-refractivity contribution in [3.05, 3.63) is 59.4 Å². The second kappa shape index (κ2) is 9.06. The highest BCUT2D eigenvalue weighted by Gasteiger charge is 2.26. The summed E-state index contributed by atoms with van der Waals surface area (Å²) in [4.78, 5) is 14.8. The third kappa shape index (κ3) is 4.29. The van der Waals surface area contributed by atoms with E-state index in [1.54, 1.807) is 19.1 Å². The van der Waals surface area contributed by atoms with Gasteiger partial charge in [-0.2, -0.15) is 0 Å². The van der Waals surface area contributed by atoms with Crippen LogP contribution < -0.4 is 10.2 Å². The molecule has 1 fully saturated rings. The number of nitrogens with zero attached hydrogens (tertiary/aromatic N) is 4. The largest absolute Gasteiger partial charge is 0.341 e. The summed E-state index contributed by atoms with van der Waals surface area (Å²) in [5.41, 5.74) is 0.913. The van der Waals surface area contributed by atoms with E-state index in [-0.39, 0.29) is 11.6 Å². The lowest BCUT2D eigenvalue weighted by Crippen LogP contribution is -2.24. The van der Waals surface area contributed by atoms with E-state index in [0.717, 1.165) is 31.6 Å². The van der Waals surface area contributed by atoms with Gasteiger partial charge in [0.15, 0.2) is 5.16 Å². The zero-order valence-corrected chi connectivity index (χ0v) is 18.0. The zero-order chi connectivity index (χ0) is 21.1. The van der Waals surface area contributed by atoms with Gasteiger partial charge in [0.1, 0.15) is 5.82 Å². The Labute approximate surface area is 183 Å². The van der Waals surface area contributed by atoms with Crippen molar-refractivity contribution in [2.75, 3.05) is 23.3 Å². The van der Waals surface area contributed by atoms with Crippen molar-refractivity contribution in [1.82, 2.24) is 14.8 Å². The van der Waals surface area contributed by atoms with Gasteiger partial charge >= 0.3 is 0 Å². The molecule has 1 unspecified atom stereocenters. The lowest BCUT2D eigenvalue weighted by Gasteiger charge is -2.19. The van der Waals surface area contributed by atoms with Gasteiger partial charge in [-0.25, -0.2) is 4.39 Å². The number of para-hydroxylation sites is 2. The monoisotopic (exact) mass is 445 g/mol. The van der Waals surface area contributed by atoms with Crippen molar-refractivity contribution in [3.8, 4) is 5.69 Å². The van der Waals surface area contributed by atoms with Crippen molar-refractivity contribution >= 4 is 40.9 Å². The van der Waals surface area contributed by atoms with Gasteiger partial charge in [-0.1, -0.05) is 47.6 Å². The number of carbonyl (C=O) groups excluding carboxylic acids is 1. The number of hydrogen-bond donors (Lipinski definition) is 1. The molecule has 0 bridgehead atoms. The normalized spacial score (nSPS) is 14.7. The van der Waals surface area contributed by atoms with Crippen molar-refractivity contribution in [2.24, 2.45) is 0 Å². The molecule has 0 aliphatic carbocycles. The smallest absolute Gasteiger partial charge is 0.237 e. The topological polar surface area (TPSA) is 63.1 Å². The van der Waals surface area contributed by atoms with E-state index in [9.17, 15) is 9.18 Å². The molecule has 6 nitrogen and oxygen atoms in total. The Morgan fingerprint density at radius 2 is 1.83 bits per heavy atom. The number of aromatic nitrogens is 3. The standard InChI is InChI=1S/C21H21ClFN5OS/c1-14(19(29)24-17-10-4-3-9-16(17)23)30-21-26-25-20(27-12-6-7-13-27)28(21)18-11-5-2-8-15(18)22/h2-5,8-11,14H,6-7,12-13H2,1H3,(H,24,29). The van der Waals surface area contributed by atoms with E-state index < -0.39 is 11.1 Å². The summed E-state index contributed by atoms with van der Waals surface area (Å²) >= 11 is 7.72. The predicted octanol–water partition coefficient (Wildman–Crippen LogP) is 4.78. The van der Waals surface area contributed by atoms with E-state index in [1.807, 2.05) is 28.8 Å². The molecule has 156 valence electrons. The lowest BCUT2D eigenvalue weighted by atomic mass is 10.3. The molecule has 1 aliphatic heterocycles. The number of nitrogens with one attached hydrogen (secondary N) is 1. The summed E-state index contributed by atoms with van der Waals surface area (Å²) in [5.74, 6) is -0.0788. The van der Waals surface area contributed by atoms with Crippen LogP contribution in [0.1, 0.15) is 19.8 Å². The third-order valence-electron chi connectivity index (χ3n) is 4.88. The van der Waals surface area contributed by atoms with Gasteiger partial charge in [-0.3, -0.25) is 9.36 Å². The molecule has 1 N–H and O–H groups in total. The fraction of sp³-hybridized carbons (Fsp3) is 0.286. The van der Waals surface area contributed by atoms with Crippen LogP contribution in [0.5, 0.6) is 0 Å². The SMILES string of the molecule is CC(Sc1nnc(N2CCCC2)n1-c1ccccc1Cl)C(=O)Nc1ccccc1F. The molecular formula is C21H21ClFN5OS. The van der Waals surface area contributed by atoms with Gasteiger partial charge in [0.05, 0.1) is 21.6 Å². The average molecular weight is 446 g/mol. The summed E-state index contributed by atoms with van der Waals surface area (Å²) in [6.45, 7) is 3.55. The van der Waals surface area contributed by atoms with E-state index in [2.05, 4.69) is 20.4 Å². The Kier molecular flexibility index (Phi) is 6.24. The summed E-state index contributed by atoms with van der Waals surface area (Å²) in [5, 5.41) is 12.0. The van der Waals surface area contributed by atoms with Crippen LogP contribution in [0.2, 0.25) is 5.02 Å². The number of rotatable bonds is 6. The molecule has 1 atom stereocenters. The van der Waals surface area contributed by atoms with Crippen molar-refractivity contribution in [3.63, 3.8) is 0 Å². The number of benzene rings is 2. The second-order valence-corrected chi connectivity index (χ2v) is 8.71. The maximum absolute atomic E-state index is 13.9. The first-order chi connectivity index (χ1) is 14.5. The number of thioether (sulfide) groups is 1. The minimum Gasteiger partial charge on any atom is -0.341 e. The Hall–Kier alpha value is -2.58. The molecule has 2 aromatic carbocycles. The van der Waals surface area contributed by atoms with Gasteiger partial charge in [0, 0.05) is 13.1 Å². The van der Waals surface area contributed by atoms with Crippen LogP contribution in [0.15, 0.2) is 53.7 Å². The summed E-state index contributed by atoms with van der Waals surface area (Å²) < 4.78 is 15.8. The molecule has 1 aliphatic rings. The fourth-order valence-electron chi connectivity index (χ4n) is 3.31. The molecule has 30 heavy (non-hydrogen) atoms. The van der Waals surface area contributed by atoms with E-state index in [1.165, 1.54) is 23.9 Å². The number of amides is 1. The minimum absolute atomic E-state index is 0.153. The van der Waals surface area contributed by atoms with Crippen LogP contribution in [0.4, 0.5) is 16.0 Å². The highest BCUT2D eigenvalue weighted by atomic mass is 35.5. The van der Waals surface area contributed by atoms with Gasteiger partial charge in [0.25, 0.3) is 0 Å². The second-order valence-electron chi connectivity index (χ2n) is 6.99. The molecule has 9 heteroatoms. The minimum atomic E-state index is -0.526. The molecule has 1 saturated heterocycles. The van der Waals surface area contributed by atoms with Crippen LogP contribution in [0, 0.1) is 5.82 Å². The van der Waals surface area contributed by atoms with Crippen LogP contribution in [-0.2, 0) is 4.79 Å². The van der Waals surface area contributed by atoms with Crippen molar-refractivity contribution in [1.29, 1.82) is 0 Å². The third-order valence-corrected chi connectivity index (χ3v) is 6.24. The Bertz CT molecular complexity index is 1050. The molecule has 4 rings (SSSR count). The van der Waals surface area contributed by atoms with Crippen molar-refractivity contribution in [2.45, 2.75) is 30.2 Å².